The van der Waals surface area contributed by atoms with Crippen LogP contribution in [0.2, 0.25) is 0 Å². The van der Waals surface area contributed by atoms with Gasteiger partial charge in [-0.25, -0.2) is 4.90 Å². The first-order valence-corrected chi connectivity index (χ1v) is 12.3. The van der Waals surface area contributed by atoms with Gasteiger partial charge in [-0.2, -0.15) is 0 Å². The maximum Gasteiger partial charge on any atom is 0.269 e. The van der Waals surface area contributed by atoms with Gasteiger partial charge in [0.25, 0.3) is 11.6 Å². The van der Waals surface area contributed by atoms with Crippen LogP contribution in [0.15, 0.2) is 48.5 Å². The van der Waals surface area contributed by atoms with Gasteiger partial charge < -0.3 is 9.64 Å². The van der Waals surface area contributed by atoms with Crippen molar-refractivity contribution >= 4 is 28.9 Å². The van der Waals surface area contributed by atoms with Crippen LogP contribution in [0.3, 0.4) is 0 Å². The normalized spacial score (nSPS) is 18.8. The van der Waals surface area contributed by atoms with Crippen LogP contribution in [0.1, 0.15) is 39.0 Å². The molecule has 2 aliphatic rings. The van der Waals surface area contributed by atoms with Gasteiger partial charge in [0.05, 0.1) is 29.7 Å². The van der Waals surface area contributed by atoms with Crippen LogP contribution in [0, 0.1) is 10.1 Å². The number of hydrogen-bond acceptors (Lipinski definition) is 7. The Morgan fingerprint density at radius 1 is 0.914 bits per heavy atom. The molecule has 0 aliphatic carbocycles. The lowest BCUT2D eigenvalue weighted by atomic mass is 10.1. The zero-order chi connectivity index (χ0) is 24.8. The van der Waals surface area contributed by atoms with Crippen molar-refractivity contribution in [2.45, 2.75) is 45.1 Å². The molecule has 35 heavy (non-hydrogen) atoms. The SMILES string of the molecule is CCCCCCOc1ccc(N2C(=O)CC(N3CCN(c4ccc([N+](=O)[O-])cc4)CC3)C2=O)cc1. The number of anilines is 2. The van der Waals surface area contributed by atoms with E-state index in [0.717, 1.165) is 24.3 Å². The fourth-order valence-electron chi connectivity index (χ4n) is 4.66. The number of ether oxygens (including phenoxy) is 1. The third-order valence-corrected chi connectivity index (χ3v) is 6.67. The van der Waals surface area contributed by atoms with Crippen LogP contribution in [0.5, 0.6) is 5.75 Å². The smallest absolute Gasteiger partial charge is 0.269 e. The van der Waals surface area contributed by atoms with Crippen molar-refractivity contribution in [1.82, 2.24) is 4.90 Å². The number of rotatable bonds is 10. The van der Waals surface area contributed by atoms with Crippen molar-refractivity contribution in [1.29, 1.82) is 0 Å². The standard InChI is InChI=1S/C26H32N4O5/c1-2-3-4-5-18-35-23-12-10-21(11-13-23)29-25(31)19-24(26(29)32)28-16-14-27(15-17-28)20-6-8-22(9-7-20)30(33)34/h6-13,24H,2-5,14-19H2,1H3. The van der Waals surface area contributed by atoms with E-state index in [1.54, 1.807) is 24.3 Å². The number of unbranched alkanes of at least 4 members (excludes halogenated alkanes) is 3. The molecule has 4 rings (SSSR count). The molecule has 9 nitrogen and oxygen atoms in total. The fraction of sp³-hybridized carbons (Fsp3) is 0.462. The molecule has 2 fully saturated rings. The number of imide groups is 1. The van der Waals surface area contributed by atoms with Crippen molar-refractivity contribution in [2.75, 3.05) is 42.6 Å². The van der Waals surface area contributed by atoms with E-state index in [1.807, 2.05) is 12.1 Å². The predicted molar refractivity (Wildman–Crippen MR) is 134 cm³/mol. The van der Waals surface area contributed by atoms with E-state index >= 15 is 0 Å². The molecular weight excluding hydrogens is 448 g/mol. The number of amides is 2. The number of nitro groups is 1. The summed E-state index contributed by atoms with van der Waals surface area (Å²) in [6.45, 7) is 5.47. The van der Waals surface area contributed by atoms with Crippen LogP contribution in [-0.4, -0.2) is 60.5 Å². The molecule has 0 aromatic heterocycles. The molecule has 0 N–H and O–H groups in total. The number of carbonyl (C=O) groups is 2. The largest absolute Gasteiger partial charge is 0.494 e. The van der Waals surface area contributed by atoms with E-state index in [0.29, 0.717) is 38.5 Å². The highest BCUT2D eigenvalue weighted by Crippen LogP contribution is 2.29. The Morgan fingerprint density at radius 3 is 2.20 bits per heavy atom. The lowest BCUT2D eigenvalue weighted by Gasteiger charge is -2.38. The van der Waals surface area contributed by atoms with Crippen LogP contribution >= 0.6 is 0 Å². The first kappa shape index (κ1) is 24.7. The molecule has 2 amide bonds. The fourth-order valence-corrected chi connectivity index (χ4v) is 4.66. The minimum absolute atomic E-state index is 0.0640. The molecular formula is C26H32N4O5. The van der Waals surface area contributed by atoms with E-state index in [2.05, 4.69) is 16.7 Å². The quantitative estimate of drug-likeness (QED) is 0.219. The number of non-ortho nitro benzene ring substituents is 1. The van der Waals surface area contributed by atoms with Crippen LogP contribution in [0.25, 0.3) is 0 Å². The van der Waals surface area contributed by atoms with Gasteiger partial charge in [0.1, 0.15) is 5.75 Å². The van der Waals surface area contributed by atoms with E-state index in [1.165, 1.54) is 29.9 Å². The Hall–Kier alpha value is -3.46. The summed E-state index contributed by atoms with van der Waals surface area (Å²) < 4.78 is 5.77. The minimum atomic E-state index is -0.462. The van der Waals surface area contributed by atoms with Crippen LogP contribution < -0.4 is 14.5 Å². The molecule has 1 atom stereocenters. The van der Waals surface area contributed by atoms with E-state index < -0.39 is 11.0 Å². The topological polar surface area (TPSA) is 96.2 Å². The molecule has 0 spiro atoms. The molecule has 2 aromatic carbocycles. The van der Waals surface area contributed by atoms with Gasteiger partial charge >= 0.3 is 0 Å². The molecule has 1 unspecified atom stereocenters. The molecule has 186 valence electrons. The van der Waals surface area contributed by atoms with E-state index in [-0.39, 0.29) is 23.9 Å². The maximum absolute atomic E-state index is 13.2. The van der Waals surface area contributed by atoms with Crippen molar-refractivity contribution in [3.05, 3.63) is 58.6 Å². The number of hydrogen-bond donors (Lipinski definition) is 0. The minimum Gasteiger partial charge on any atom is -0.494 e. The molecule has 2 aromatic rings. The number of carbonyl (C=O) groups excluding carboxylic acids is 2. The average molecular weight is 481 g/mol. The van der Waals surface area contributed by atoms with E-state index in [4.69, 9.17) is 4.74 Å². The zero-order valence-corrected chi connectivity index (χ0v) is 20.1. The second-order valence-electron chi connectivity index (χ2n) is 8.99. The van der Waals surface area contributed by atoms with Gasteiger partial charge in [-0.3, -0.25) is 24.6 Å². The number of benzene rings is 2. The van der Waals surface area contributed by atoms with Crippen LogP contribution in [0.4, 0.5) is 17.1 Å². The first-order valence-electron chi connectivity index (χ1n) is 12.3. The summed E-state index contributed by atoms with van der Waals surface area (Å²) in [5.74, 6) is 0.362. The Morgan fingerprint density at radius 2 is 1.57 bits per heavy atom. The summed E-state index contributed by atoms with van der Waals surface area (Å²) in [4.78, 5) is 41.9. The number of nitro benzene ring substituents is 1. The second-order valence-corrected chi connectivity index (χ2v) is 8.99. The summed E-state index contributed by atoms with van der Waals surface area (Å²) >= 11 is 0. The van der Waals surface area contributed by atoms with E-state index in [9.17, 15) is 19.7 Å². The van der Waals surface area contributed by atoms with Gasteiger partial charge in [0.2, 0.25) is 5.91 Å². The maximum atomic E-state index is 13.2. The van der Waals surface area contributed by atoms with Crippen molar-refractivity contribution in [3.63, 3.8) is 0 Å². The third kappa shape index (κ3) is 5.79. The Balaban J connectivity index is 1.31. The van der Waals surface area contributed by atoms with Crippen molar-refractivity contribution in [2.24, 2.45) is 0 Å². The summed E-state index contributed by atoms with van der Waals surface area (Å²) in [5.41, 5.74) is 1.55. The Kier molecular flexibility index (Phi) is 7.97. The predicted octanol–water partition coefficient (Wildman–Crippen LogP) is 4.01. The highest BCUT2D eigenvalue weighted by Gasteiger charge is 2.43. The number of piperazine rings is 1. The van der Waals surface area contributed by atoms with Crippen molar-refractivity contribution < 1.29 is 19.2 Å². The summed E-state index contributed by atoms with van der Waals surface area (Å²) in [5, 5.41) is 10.9. The molecule has 0 saturated carbocycles. The Bertz CT molecular complexity index is 1030. The second kappa shape index (κ2) is 11.3. The summed E-state index contributed by atoms with van der Waals surface area (Å²) in [7, 11) is 0. The molecule has 0 radical (unpaired) electrons. The van der Waals surface area contributed by atoms with Crippen molar-refractivity contribution in [3.8, 4) is 5.75 Å². The van der Waals surface area contributed by atoms with Crippen LogP contribution in [-0.2, 0) is 9.59 Å². The lowest BCUT2D eigenvalue weighted by Crippen LogP contribution is -2.52. The van der Waals surface area contributed by atoms with Gasteiger partial charge in [-0.1, -0.05) is 26.2 Å². The lowest BCUT2D eigenvalue weighted by molar-refractivity contribution is -0.384. The third-order valence-electron chi connectivity index (χ3n) is 6.67. The first-order chi connectivity index (χ1) is 17.0. The Labute approximate surface area is 205 Å². The average Bonchev–Trinajstić information content (AvgIpc) is 3.18. The molecule has 2 aliphatic heterocycles. The summed E-state index contributed by atoms with van der Waals surface area (Å²) in [6.07, 6.45) is 4.72. The zero-order valence-electron chi connectivity index (χ0n) is 20.1. The highest BCUT2D eigenvalue weighted by molar-refractivity contribution is 6.22. The molecule has 9 heteroatoms. The van der Waals surface area contributed by atoms with Gasteiger partial charge in [-0.05, 0) is 42.8 Å². The van der Waals surface area contributed by atoms with Gasteiger partial charge in [0.15, 0.2) is 0 Å². The molecule has 2 heterocycles. The van der Waals surface area contributed by atoms with Gasteiger partial charge in [0, 0.05) is 44.0 Å². The van der Waals surface area contributed by atoms with Gasteiger partial charge in [-0.15, -0.1) is 0 Å². The highest BCUT2D eigenvalue weighted by atomic mass is 16.6. The number of nitrogens with zero attached hydrogens (tertiary/aromatic N) is 4. The molecule has 0 bridgehead atoms. The summed E-state index contributed by atoms with van der Waals surface area (Å²) in [6, 6.07) is 13.2. The monoisotopic (exact) mass is 480 g/mol. The molecule has 2 saturated heterocycles.